The van der Waals surface area contributed by atoms with Gasteiger partial charge in [0, 0.05) is 0 Å². The Kier molecular flexibility index (Phi) is 3.10. The number of rotatable bonds is 2. The summed E-state index contributed by atoms with van der Waals surface area (Å²) in [5.74, 6) is 0. The molecule has 0 rings (SSSR count). The first-order valence-electron chi connectivity index (χ1n) is 1.55. The van der Waals surface area contributed by atoms with E-state index in [4.69, 9.17) is 0 Å². The van der Waals surface area contributed by atoms with E-state index in [0.717, 1.165) is 0 Å². The first kappa shape index (κ1) is 5.93. The van der Waals surface area contributed by atoms with Gasteiger partial charge in [0.25, 0.3) is 0 Å². The van der Waals surface area contributed by atoms with E-state index in [-0.39, 0.29) is 4.68 Å². The van der Waals surface area contributed by atoms with E-state index in [1.165, 1.54) is 6.08 Å². The predicted octanol–water partition coefficient (Wildman–Crippen LogP) is 0.636. The third kappa shape index (κ3) is 3.93. The number of hydrogen-bond acceptors (Lipinski definition) is 1. The van der Waals surface area contributed by atoms with E-state index in [0.29, 0.717) is 6.42 Å². The van der Waals surface area contributed by atoms with Crippen LogP contribution in [0.2, 0.25) is 0 Å². The van der Waals surface area contributed by atoms with Gasteiger partial charge in [0.1, 0.15) is 0 Å². The van der Waals surface area contributed by atoms with Crippen LogP contribution in [0.3, 0.4) is 0 Å². The van der Waals surface area contributed by atoms with Gasteiger partial charge in [0.05, 0.1) is 0 Å². The van der Waals surface area contributed by atoms with Gasteiger partial charge >= 0.3 is 44.6 Å². The van der Waals surface area contributed by atoms with Crippen LogP contribution in [-0.4, -0.2) is 4.68 Å². The Balaban J connectivity index is 3.05. The molecule has 0 saturated heterocycles. The third-order valence-corrected chi connectivity index (χ3v) is 0.525. The van der Waals surface area contributed by atoms with Crippen molar-refractivity contribution in [2.45, 2.75) is 6.42 Å². The summed E-state index contributed by atoms with van der Waals surface area (Å²) < 4.78 is -0.0787. The fourth-order valence-electron chi connectivity index (χ4n) is 0.110. The Labute approximate surface area is 45.2 Å². The molecule has 2 heteroatoms. The van der Waals surface area contributed by atoms with Crippen LogP contribution >= 0.6 is 0 Å². The number of carbonyl (C=O) groups is 1. The molecule has 1 nitrogen and oxygen atoms in total. The van der Waals surface area contributed by atoms with Crippen LogP contribution < -0.4 is 0 Å². The Morgan fingerprint density at radius 3 is 2.50 bits per heavy atom. The zero-order chi connectivity index (χ0) is 4.99. The Morgan fingerprint density at radius 1 is 2.00 bits per heavy atom. The van der Waals surface area contributed by atoms with Gasteiger partial charge in [-0.1, -0.05) is 0 Å². The van der Waals surface area contributed by atoms with Crippen LogP contribution in [0.25, 0.3) is 0 Å². The van der Waals surface area contributed by atoms with Gasteiger partial charge in [-0.3, -0.25) is 0 Å². The number of allylic oxidation sites excluding steroid dienone is 1. The van der Waals surface area contributed by atoms with Gasteiger partial charge < -0.3 is 0 Å². The molecule has 0 aromatic carbocycles. The molecular weight excluding hydrogens is 120 g/mol. The van der Waals surface area contributed by atoms with Gasteiger partial charge in [-0.15, -0.1) is 0 Å². The van der Waals surface area contributed by atoms with Crippen molar-refractivity contribution in [1.29, 1.82) is 0 Å². The summed E-state index contributed by atoms with van der Waals surface area (Å²) in [6.07, 6.45) is 1.93. The summed E-state index contributed by atoms with van der Waals surface area (Å²) in [6, 6.07) is 0. The van der Waals surface area contributed by atoms with Crippen molar-refractivity contribution in [2.75, 3.05) is 0 Å². The topological polar surface area (TPSA) is 17.1 Å². The standard InChI is InChI=1S/C4H5O.Fe/c1-2-3-4-5;/h2H,1,3H2;. The SMILES string of the molecule is C=CC[C](=O)[Fe]. The normalized spacial score (nSPS) is 7.50. The van der Waals surface area contributed by atoms with Crippen LogP contribution in [0.5, 0.6) is 0 Å². The van der Waals surface area contributed by atoms with Crippen molar-refractivity contribution < 1.29 is 20.8 Å². The molecule has 0 heterocycles. The van der Waals surface area contributed by atoms with Gasteiger partial charge in [0.2, 0.25) is 0 Å². The summed E-state index contributed by atoms with van der Waals surface area (Å²) in [6.45, 7) is 3.34. The average molecular weight is 125 g/mol. The summed E-state index contributed by atoms with van der Waals surface area (Å²) in [5.41, 5.74) is 0. The number of hydrogen-bond donors (Lipinski definition) is 0. The molecule has 0 saturated carbocycles. The molecule has 0 aliphatic carbocycles. The molecule has 0 aromatic rings. The van der Waals surface area contributed by atoms with Crippen molar-refractivity contribution in [1.82, 2.24) is 0 Å². The van der Waals surface area contributed by atoms with E-state index in [1.807, 2.05) is 0 Å². The molecule has 0 aliphatic rings. The van der Waals surface area contributed by atoms with Crippen LogP contribution in [0.4, 0.5) is 0 Å². The van der Waals surface area contributed by atoms with E-state index >= 15 is 0 Å². The minimum absolute atomic E-state index is 0.0787. The molecule has 0 aromatic heterocycles. The molecule has 0 fully saturated rings. The zero-order valence-corrected chi connectivity index (χ0v) is 4.36. The van der Waals surface area contributed by atoms with E-state index in [1.54, 1.807) is 0 Å². The monoisotopic (exact) mass is 125 g/mol. The van der Waals surface area contributed by atoms with Crippen molar-refractivity contribution in [3.8, 4) is 0 Å². The first-order valence-corrected chi connectivity index (χ1v) is 2.10. The Hall–Kier alpha value is -0.0705. The van der Waals surface area contributed by atoms with Gasteiger partial charge in [-0.05, 0) is 0 Å². The fraction of sp³-hybridized carbons (Fsp3) is 0.250. The van der Waals surface area contributed by atoms with Crippen LogP contribution in [0, 0.1) is 0 Å². The Bertz CT molecular complexity index is 67.9. The van der Waals surface area contributed by atoms with Crippen molar-refractivity contribution >= 4 is 4.68 Å². The maximum absolute atomic E-state index is 9.86. The summed E-state index contributed by atoms with van der Waals surface area (Å²) in [5, 5.41) is 0. The average Bonchev–Trinajstić information content (AvgIpc) is 1.35. The molecule has 0 aliphatic heterocycles. The van der Waals surface area contributed by atoms with Crippen LogP contribution in [0.15, 0.2) is 12.7 Å². The van der Waals surface area contributed by atoms with E-state index in [9.17, 15) is 4.79 Å². The van der Waals surface area contributed by atoms with Crippen molar-refractivity contribution in [2.24, 2.45) is 0 Å². The van der Waals surface area contributed by atoms with Crippen LogP contribution in [-0.2, 0) is 20.8 Å². The number of carbonyl (C=O) groups excluding carboxylic acids is 1. The van der Waals surface area contributed by atoms with Crippen LogP contribution in [0.1, 0.15) is 6.42 Å². The van der Waals surface area contributed by atoms with Crippen molar-refractivity contribution in [3.05, 3.63) is 12.7 Å². The summed E-state index contributed by atoms with van der Waals surface area (Å²) in [4.78, 5) is 9.86. The minimum atomic E-state index is -0.0787. The molecule has 0 amide bonds. The molecule has 6 heavy (non-hydrogen) atoms. The molecule has 0 unspecified atom stereocenters. The molecule has 0 bridgehead atoms. The third-order valence-electron chi connectivity index (χ3n) is 0.300. The van der Waals surface area contributed by atoms with Gasteiger partial charge in [-0.25, -0.2) is 0 Å². The molecule has 0 spiro atoms. The molecule has 0 N–H and O–H groups in total. The van der Waals surface area contributed by atoms with Gasteiger partial charge in [-0.2, -0.15) is 0 Å². The van der Waals surface area contributed by atoms with E-state index in [2.05, 4.69) is 22.6 Å². The van der Waals surface area contributed by atoms with Crippen molar-refractivity contribution in [3.63, 3.8) is 0 Å². The maximum atomic E-state index is 9.86. The molecular formula is C4H5FeO. The summed E-state index contributed by atoms with van der Waals surface area (Å²) >= 11 is 3.12. The molecule has 0 radical (unpaired) electrons. The quantitative estimate of drug-likeness (QED) is 0.390. The van der Waals surface area contributed by atoms with Gasteiger partial charge in [0.15, 0.2) is 0 Å². The fourth-order valence-corrected chi connectivity index (χ4v) is 0.269. The second-order valence-corrected chi connectivity index (χ2v) is 1.45. The predicted molar refractivity (Wildman–Crippen MR) is 19.8 cm³/mol. The summed E-state index contributed by atoms with van der Waals surface area (Å²) in [7, 11) is 0. The van der Waals surface area contributed by atoms with E-state index < -0.39 is 0 Å². The molecule has 35 valence electrons. The second kappa shape index (κ2) is 3.13. The molecule has 0 atom stereocenters. The zero-order valence-electron chi connectivity index (χ0n) is 3.25. The second-order valence-electron chi connectivity index (χ2n) is 0.834. The Morgan fingerprint density at radius 2 is 2.50 bits per heavy atom. The first-order chi connectivity index (χ1) is 2.77.